The monoisotopic (exact) mass is 350 g/mol. The van der Waals surface area contributed by atoms with Crippen LogP contribution in [0.2, 0.25) is 0 Å². The molecule has 0 aromatic heterocycles. The summed E-state index contributed by atoms with van der Waals surface area (Å²) in [4.78, 5) is 24.2. The molecular formula is C20H30O5. The fraction of sp³-hybridized carbons (Fsp3) is 0.800. The minimum atomic E-state index is -0.480. The molecule has 25 heavy (non-hydrogen) atoms. The number of carbonyl (C=O) groups is 2. The molecule has 0 amide bonds. The lowest BCUT2D eigenvalue weighted by molar-refractivity contribution is -0.177. The third-order valence-electron chi connectivity index (χ3n) is 7.22. The predicted octanol–water partition coefficient (Wildman–Crippen LogP) is 3.01. The molecule has 5 nitrogen and oxygen atoms in total. The topological polar surface area (TPSA) is 72.8 Å². The minimum absolute atomic E-state index is 0.0878. The van der Waals surface area contributed by atoms with Crippen molar-refractivity contribution >= 4 is 11.9 Å². The van der Waals surface area contributed by atoms with Crippen molar-refractivity contribution in [3.8, 4) is 0 Å². The summed E-state index contributed by atoms with van der Waals surface area (Å²) in [5, 5.41) is 10.7. The molecule has 0 radical (unpaired) electrons. The van der Waals surface area contributed by atoms with Gasteiger partial charge in [0.2, 0.25) is 0 Å². The van der Waals surface area contributed by atoms with E-state index in [2.05, 4.69) is 6.92 Å². The second kappa shape index (κ2) is 6.75. The van der Waals surface area contributed by atoms with Gasteiger partial charge in [-0.25, -0.2) is 4.79 Å². The quantitative estimate of drug-likeness (QED) is 0.789. The van der Waals surface area contributed by atoms with Gasteiger partial charge in [0, 0.05) is 5.57 Å². The number of aliphatic hydroxyl groups excluding tert-OH is 1. The highest BCUT2D eigenvalue weighted by molar-refractivity contribution is 5.90. The molecule has 1 heterocycles. The van der Waals surface area contributed by atoms with E-state index in [0.29, 0.717) is 19.4 Å². The van der Waals surface area contributed by atoms with Crippen molar-refractivity contribution in [2.45, 2.75) is 64.9 Å². The van der Waals surface area contributed by atoms with Crippen molar-refractivity contribution in [3.05, 3.63) is 11.6 Å². The second-order valence-corrected chi connectivity index (χ2v) is 8.44. The van der Waals surface area contributed by atoms with Gasteiger partial charge in [-0.2, -0.15) is 0 Å². The molecule has 0 unspecified atom stereocenters. The number of carbonyl (C=O) groups excluding carboxylic acids is 2. The Morgan fingerprint density at radius 3 is 2.76 bits per heavy atom. The van der Waals surface area contributed by atoms with Gasteiger partial charge >= 0.3 is 11.9 Å². The first kappa shape index (κ1) is 18.4. The van der Waals surface area contributed by atoms with E-state index in [4.69, 9.17) is 9.47 Å². The van der Waals surface area contributed by atoms with Gasteiger partial charge in [-0.3, -0.25) is 4.79 Å². The van der Waals surface area contributed by atoms with E-state index in [9.17, 15) is 14.7 Å². The van der Waals surface area contributed by atoms with Crippen LogP contribution in [-0.2, 0) is 19.1 Å². The number of hydrogen-bond acceptors (Lipinski definition) is 5. The lowest BCUT2D eigenvalue weighted by Gasteiger charge is -2.58. The average Bonchev–Trinajstić information content (AvgIpc) is 2.98. The summed E-state index contributed by atoms with van der Waals surface area (Å²) >= 11 is 0. The third kappa shape index (κ3) is 3.01. The second-order valence-electron chi connectivity index (χ2n) is 8.44. The number of fused-ring (bicyclic) bond motifs is 1. The van der Waals surface area contributed by atoms with Gasteiger partial charge in [0.15, 0.2) is 0 Å². The maximum atomic E-state index is 12.5. The van der Waals surface area contributed by atoms with Gasteiger partial charge < -0.3 is 14.6 Å². The van der Waals surface area contributed by atoms with E-state index in [0.717, 1.165) is 37.7 Å². The molecule has 0 spiro atoms. The zero-order chi connectivity index (χ0) is 18.2. The van der Waals surface area contributed by atoms with E-state index in [-0.39, 0.29) is 35.3 Å². The fourth-order valence-electron chi connectivity index (χ4n) is 5.89. The Labute approximate surface area is 149 Å². The summed E-state index contributed by atoms with van der Waals surface area (Å²) < 4.78 is 10.1. The van der Waals surface area contributed by atoms with Crippen molar-refractivity contribution in [1.82, 2.24) is 0 Å². The molecule has 3 aliphatic rings. The summed E-state index contributed by atoms with van der Waals surface area (Å²) in [7, 11) is 1.47. The van der Waals surface area contributed by atoms with E-state index in [1.165, 1.54) is 7.11 Å². The molecule has 140 valence electrons. The molecule has 0 bridgehead atoms. The standard InChI is InChI=1S/C20H30O5/c1-19-10-4-11-20(2,18(23)24-3)16(19)8-7-15(21)14(19)6-5-13-9-12-25-17(13)22/h9,14-16,21H,4-8,10-12H2,1-3H3/t14-,15-,16+,19+,20-/m0/s1. The van der Waals surface area contributed by atoms with Crippen LogP contribution in [0, 0.1) is 22.7 Å². The van der Waals surface area contributed by atoms with Gasteiger partial charge in [0.1, 0.15) is 6.61 Å². The van der Waals surface area contributed by atoms with Crippen LogP contribution in [0.4, 0.5) is 0 Å². The molecule has 5 atom stereocenters. The molecule has 0 aromatic carbocycles. The first-order valence-corrected chi connectivity index (χ1v) is 9.45. The first-order chi connectivity index (χ1) is 11.8. The number of rotatable bonds is 4. The zero-order valence-corrected chi connectivity index (χ0v) is 15.5. The fourth-order valence-corrected chi connectivity index (χ4v) is 5.89. The van der Waals surface area contributed by atoms with E-state index < -0.39 is 5.41 Å². The van der Waals surface area contributed by atoms with Crippen LogP contribution in [-0.4, -0.2) is 36.9 Å². The van der Waals surface area contributed by atoms with Crippen LogP contribution in [0.15, 0.2) is 11.6 Å². The molecular weight excluding hydrogens is 320 g/mol. The Balaban J connectivity index is 1.82. The predicted molar refractivity (Wildman–Crippen MR) is 92.6 cm³/mol. The number of methoxy groups -OCH3 is 1. The number of ether oxygens (including phenoxy) is 2. The molecule has 2 aliphatic carbocycles. The molecule has 2 saturated carbocycles. The van der Waals surface area contributed by atoms with Crippen molar-refractivity contribution < 1.29 is 24.2 Å². The SMILES string of the molecule is COC(=O)[C@@]1(C)CCC[C@@]2(C)[C@H]1CC[C@H](O)[C@@H]2CCC1=CCOC1=O. The van der Waals surface area contributed by atoms with Gasteiger partial charge in [-0.1, -0.05) is 13.3 Å². The Morgan fingerprint density at radius 1 is 1.36 bits per heavy atom. The molecule has 3 rings (SSSR count). The average molecular weight is 350 g/mol. The van der Waals surface area contributed by atoms with Gasteiger partial charge in [-0.15, -0.1) is 0 Å². The smallest absolute Gasteiger partial charge is 0.334 e. The normalized spacial score (nSPS) is 40.9. The Bertz CT molecular complexity index is 583. The van der Waals surface area contributed by atoms with Crippen molar-refractivity contribution in [1.29, 1.82) is 0 Å². The molecule has 2 fully saturated rings. The van der Waals surface area contributed by atoms with E-state index >= 15 is 0 Å². The van der Waals surface area contributed by atoms with Crippen LogP contribution in [0.25, 0.3) is 0 Å². The summed E-state index contributed by atoms with van der Waals surface area (Å²) in [5.74, 6) is -0.0559. The maximum Gasteiger partial charge on any atom is 0.334 e. The van der Waals surface area contributed by atoms with Crippen LogP contribution in [0.3, 0.4) is 0 Å². The largest absolute Gasteiger partial charge is 0.469 e. The Hall–Kier alpha value is -1.36. The van der Waals surface area contributed by atoms with Crippen molar-refractivity contribution in [2.24, 2.45) is 22.7 Å². The lowest BCUT2D eigenvalue weighted by Crippen LogP contribution is -2.56. The summed E-state index contributed by atoms with van der Waals surface area (Å²) in [6.45, 7) is 4.63. The van der Waals surface area contributed by atoms with E-state index in [1.54, 1.807) is 0 Å². The zero-order valence-electron chi connectivity index (χ0n) is 15.5. The lowest BCUT2D eigenvalue weighted by atomic mass is 9.47. The Morgan fingerprint density at radius 2 is 2.12 bits per heavy atom. The molecule has 1 N–H and O–H groups in total. The van der Waals surface area contributed by atoms with Crippen LogP contribution < -0.4 is 0 Å². The summed E-state index contributed by atoms with van der Waals surface area (Å²) in [6.07, 6.45) is 7.24. The number of esters is 2. The molecule has 5 heteroatoms. The summed E-state index contributed by atoms with van der Waals surface area (Å²) in [5.41, 5.74) is 0.137. The van der Waals surface area contributed by atoms with Crippen molar-refractivity contribution in [2.75, 3.05) is 13.7 Å². The number of aliphatic hydroxyl groups is 1. The highest BCUT2D eigenvalue weighted by Gasteiger charge is 2.58. The first-order valence-electron chi connectivity index (χ1n) is 9.45. The Kier molecular flexibility index (Phi) is 4.97. The van der Waals surface area contributed by atoms with Gasteiger partial charge in [-0.05, 0) is 68.8 Å². The van der Waals surface area contributed by atoms with Crippen LogP contribution >= 0.6 is 0 Å². The highest BCUT2D eigenvalue weighted by atomic mass is 16.5. The maximum absolute atomic E-state index is 12.5. The molecule has 0 aromatic rings. The number of hydrogen-bond donors (Lipinski definition) is 1. The highest BCUT2D eigenvalue weighted by Crippen LogP contribution is 2.61. The van der Waals surface area contributed by atoms with Crippen molar-refractivity contribution in [3.63, 3.8) is 0 Å². The van der Waals surface area contributed by atoms with Crippen LogP contribution in [0.5, 0.6) is 0 Å². The molecule has 1 aliphatic heterocycles. The third-order valence-corrected chi connectivity index (χ3v) is 7.22. The van der Waals surface area contributed by atoms with E-state index in [1.807, 2.05) is 13.0 Å². The number of cyclic esters (lactones) is 1. The van der Waals surface area contributed by atoms with Gasteiger partial charge in [0.05, 0.1) is 18.6 Å². The minimum Gasteiger partial charge on any atom is -0.469 e. The summed E-state index contributed by atoms with van der Waals surface area (Å²) in [6, 6.07) is 0. The van der Waals surface area contributed by atoms with Gasteiger partial charge in [0.25, 0.3) is 0 Å². The van der Waals surface area contributed by atoms with Crippen LogP contribution in [0.1, 0.15) is 58.8 Å². The molecule has 0 saturated heterocycles.